The normalized spacial score (nSPS) is 10.6. The Kier molecular flexibility index (Phi) is 7.30. The monoisotopic (exact) mass is 436 g/mol. The van der Waals surface area contributed by atoms with E-state index in [0.29, 0.717) is 34.4 Å². The molecule has 0 spiro atoms. The molecule has 2 amide bonds. The van der Waals surface area contributed by atoms with E-state index in [4.69, 9.17) is 26.8 Å². The molecule has 31 heavy (non-hydrogen) atoms. The van der Waals surface area contributed by atoms with Gasteiger partial charge in [0, 0.05) is 22.3 Å². The van der Waals surface area contributed by atoms with Crippen molar-refractivity contribution < 1.29 is 19.1 Å². The van der Waals surface area contributed by atoms with Crippen LogP contribution in [0.4, 0.5) is 5.69 Å². The molecule has 0 unspecified atom stereocenters. The number of methoxy groups -OCH3 is 1. The predicted molar refractivity (Wildman–Crippen MR) is 121 cm³/mol. The van der Waals surface area contributed by atoms with Gasteiger partial charge in [-0.15, -0.1) is 0 Å². The van der Waals surface area contributed by atoms with Gasteiger partial charge in [-0.1, -0.05) is 29.8 Å². The van der Waals surface area contributed by atoms with E-state index in [-0.39, 0.29) is 5.91 Å². The Balaban J connectivity index is 1.61. The maximum Gasteiger partial charge on any atom is 0.248 e. The molecule has 3 N–H and O–H groups in total. The lowest BCUT2D eigenvalue weighted by Gasteiger charge is -2.11. The summed E-state index contributed by atoms with van der Waals surface area (Å²) in [5.41, 5.74) is 7.89. The number of primary amides is 1. The fourth-order valence-electron chi connectivity index (χ4n) is 2.72. The van der Waals surface area contributed by atoms with E-state index in [1.54, 1.807) is 49.6 Å². The van der Waals surface area contributed by atoms with E-state index in [0.717, 1.165) is 11.1 Å². The number of benzene rings is 3. The number of ether oxygens (including phenoxy) is 2. The molecule has 0 atom stereocenters. The van der Waals surface area contributed by atoms with E-state index in [1.807, 2.05) is 30.3 Å². The van der Waals surface area contributed by atoms with Crippen molar-refractivity contribution in [2.75, 3.05) is 12.4 Å². The first kappa shape index (κ1) is 21.9. The molecular formula is C24H21ClN2O4. The quantitative estimate of drug-likeness (QED) is 0.501. The van der Waals surface area contributed by atoms with Crippen molar-refractivity contribution in [3.8, 4) is 11.5 Å². The maximum atomic E-state index is 12.2. The van der Waals surface area contributed by atoms with Gasteiger partial charge in [0.05, 0.1) is 7.11 Å². The number of carbonyl (C=O) groups excluding carboxylic acids is 2. The molecule has 0 saturated carbocycles. The Morgan fingerprint density at radius 3 is 2.35 bits per heavy atom. The fourth-order valence-corrected chi connectivity index (χ4v) is 2.85. The van der Waals surface area contributed by atoms with Crippen LogP contribution in [-0.4, -0.2) is 18.9 Å². The van der Waals surface area contributed by atoms with Gasteiger partial charge in [0.25, 0.3) is 0 Å². The van der Waals surface area contributed by atoms with Crippen LogP contribution >= 0.6 is 11.6 Å². The second-order valence-electron chi connectivity index (χ2n) is 6.59. The third-order valence-corrected chi connectivity index (χ3v) is 4.61. The van der Waals surface area contributed by atoms with Crippen LogP contribution in [0.1, 0.15) is 21.5 Å². The zero-order chi connectivity index (χ0) is 22.2. The fraction of sp³-hybridized carbons (Fsp3) is 0.0833. The highest BCUT2D eigenvalue weighted by Crippen LogP contribution is 2.29. The largest absolute Gasteiger partial charge is 0.493 e. The number of nitrogens with one attached hydrogen (secondary N) is 1. The molecule has 158 valence electrons. The first-order valence-corrected chi connectivity index (χ1v) is 9.76. The zero-order valence-electron chi connectivity index (χ0n) is 16.8. The van der Waals surface area contributed by atoms with Gasteiger partial charge in [-0.2, -0.15) is 0 Å². The SMILES string of the molecule is COc1cc(C=CC(=O)Nc2ccc(C(N)=O)cc2)ccc1OCc1ccc(Cl)cc1. The van der Waals surface area contributed by atoms with Crippen molar-refractivity contribution >= 4 is 35.2 Å². The van der Waals surface area contributed by atoms with Gasteiger partial charge in [0.2, 0.25) is 11.8 Å². The minimum atomic E-state index is -0.521. The van der Waals surface area contributed by atoms with E-state index >= 15 is 0 Å². The van der Waals surface area contributed by atoms with Gasteiger partial charge < -0.3 is 20.5 Å². The average Bonchev–Trinajstić information content (AvgIpc) is 2.78. The summed E-state index contributed by atoms with van der Waals surface area (Å²) >= 11 is 5.90. The van der Waals surface area contributed by atoms with Gasteiger partial charge in [-0.3, -0.25) is 9.59 Å². The lowest BCUT2D eigenvalue weighted by atomic mass is 10.1. The van der Waals surface area contributed by atoms with Gasteiger partial charge in [0.15, 0.2) is 11.5 Å². The summed E-state index contributed by atoms with van der Waals surface area (Å²) in [6.07, 6.45) is 3.07. The molecule has 0 aliphatic carbocycles. The Hall–Kier alpha value is -3.77. The Morgan fingerprint density at radius 1 is 1.00 bits per heavy atom. The molecule has 0 heterocycles. The first-order valence-electron chi connectivity index (χ1n) is 9.39. The Bertz CT molecular complexity index is 1090. The third-order valence-electron chi connectivity index (χ3n) is 4.36. The molecule has 7 heteroatoms. The molecule has 6 nitrogen and oxygen atoms in total. The van der Waals surface area contributed by atoms with Gasteiger partial charge in [0.1, 0.15) is 6.61 Å². The molecule has 3 aromatic rings. The van der Waals surface area contributed by atoms with Crippen molar-refractivity contribution in [2.24, 2.45) is 5.73 Å². The van der Waals surface area contributed by atoms with Crippen molar-refractivity contribution in [3.63, 3.8) is 0 Å². The summed E-state index contributed by atoms with van der Waals surface area (Å²) in [6, 6.07) is 19.1. The minimum absolute atomic E-state index is 0.311. The molecule has 0 radical (unpaired) electrons. The molecule has 0 aliphatic rings. The van der Waals surface area contributed by atoms with Crippen molar-refractivity contribution in [3.05, 3.63) is 94.5 Å². The van der Waals surface area contributed by atoms with Gasteiger partial charge >= 0.3 is 0 Å². The minimum Gasteiger partial charge on any atom is -0.493 e. The maximum absolute atomic E-state index is 12.2. The summed E-state index contributed by atoms with van der Waals surface area (Å²) in [5, 5.41) is 3.39. The van der Waals surface area contributed by atoms with Crippen LogP contribution in [0.25, 0.3) is 6.08 Å². The van der Waals surface area contributed by atoms with Crippen LogP contribution in [0, 0.1) is 0 Å². The van der Waals surface area contributed by atoms with E-state index in [1.165, 1.54) is 6.08 Å². The number of hydrogen-bond donors (Lipinski definition) is 2. The summed E-state index contributed by atoms with van der Waals surface area (Å²) in [6.45, 7) is 0.375. The number of amides is 2. The van der Waals surface area contributed by atoms with E-state index in [9.17, 15) is 9.59 Å². The van der Waals surface area contributed by atoms with Crippen molar-refractivity contribution in [1.29, 1.82) is 0 Å². The van der Waals surface area contributed by atoms with Gasteiger partial charge in [-0.05, 0) is 65.7 Å². The molecular weight excluding hydrogens is 416 g/mol. The standard InChI is InChI=1S/C24H21ClN2O4/c1-30-22-14-16(4-12-21(22)31-15-17-2-8-19(25)9-3-17)5-13-23(28)27-20-10-6-18(7-11-20)24(26)29/h2-14H,15H2,1H3,(H2,26,29)(H,27,28). The van der Waals surface area contributed by atoms with Crippen LogP contribution < -0.4 is 20.5 Å². The number of nitrogens with two attached hydrogens (primary N) is 1. The number of anilines is 1. The predicted octanol–water partition coefficient (Wildman–Crippen LogP) is 4.68. The number of hydrogen-bond acceptors (Lipinski definition) is 4. The Morgan fingerprint density at radius 2 is 1.71 bits per heavy atom. The summed E-state index contributed by atoms with van der Waals surface area (Å²) in [7, 11) is 1.56. The molecule has 0 bridgehead atoms. The van der Waals surface area contributed by atoms with E-state index in [2.05, 4.69) is 5.32 Å². The lowest BCUT2D eigenvalue weighted by Crippen LogP contribution is -2.11. The molecule has 0 aliphatic heterocycles. The highest BCUT2D eigenvalue weighted by molar-refractivity contribution is 6.30. The van der Waals surface area contributed by atoms with Gasteiger partial charge in [-0.25, -0.2) is 0 Å². The van der Waals surface area contributed by atoms with Crippen molar-refractivity contribution in [2.45, 2.75) is 6.61 Å². The van der Waals surface area contributed by atoms with Crippen LogP contribution in [0.15, 0.2) is 72.8 Å². The van der Waals surface area contributed by atoms with Crippen LogP contribution in [0.2, 0.25) is 5.02 Å². The molecule has 0 aromatic heterocycles. The second kappa shape index (κ2) is 10.3. The molecule has 0 fully saturated rings. The Labute approximate surface area is 185 Å². The van der Waals surface area contributed by atoms with E-state index < -0.39 is 5.91 Å². The average molecular weight is 437 g/mol. The van der Waals surface area contributed by atoms with Crippen LogP contribution in [0.5, 0.6) is 11.5 Å². The first-order chi connectivity index (χ1) is 14.9. The number of carbonyl (C=O) groups is 2. The lowest BCUT2D eigenvalue weighted by molar-refractivity contribution is -0.111. The highest BCUT2D eigenvalue weighted by Gasteiger charge is 2.06. The number of halogens is 1. The third kappa shape index (κ3) is 6.35. The smallest absolute Gasteiger partial charge is 0.248 e. The van der Waals surface area contributed by atoms with Crippen LogP contribution in [-0.2, 0) is 11.4 Å². The highest BCUT2D eigenvalue weighted by atomic mass is 35.5. The topological polar surface area (TPSA) is 90.6 Å². The zero-order valence-corrected chi connectivity index (χ0v) is 17.6. The summed E-state index contributed by atoms with van der Waals surface area (Å²) < 4.78 is 11.2. The van der Waals surface area contributed by atoms with Crippen molar-refractivity contribution in [1.82, 2.24) is 0 Å². The second-order valence-corrected chi connectivity index (χ2v) is 7.03. The molecule has 0 saturated heterocycles. The molecule has 3 aromatic carbocycles. The molecule has 3 rings (SSSR count). The van der Waals surface area contributed by atoms with Crippen LogP contribution in [0.3, 0.4) is 0 Å². The summed E-state index contributed by atoms with van der Waals surface area (Å²) in [4.78, 5) is 23.2. The number of rotatable bonds is 8. The summed E-state index contributed by atoms with van der Waals surface area (Å²) in [5.74, 6) is 0.313.